The molecule has 3 heterocycles. The van der Waals surface area contributed by atoms with Gasteiger partial charge in [-0.3, -0.25) is 8.77 Å². The number of likely N-dealkylation sites (N-methyl/N-ethyl adjacent to an activating group) is 1. The maximum absolute atomic E-state index is 12.9. The third-order valence-corrected chi connectivity index (χ3v) is 8.58. The Labute approximate surface area is 238 Å². The molecule has 4 aromatic rings. The van der Waals surface area contributed by atoms with Gasteiger partial charge in [0.1, 0.15) is 11.3 Å². The van der Waals surface area contributed by atoms with E-state index in [9.17, 15) is 9.90 Å². The van der Waals surface area contributed by atoms with Crippen LogP contribution in [-0.2, 0) is 13.0 Å². The predicted molar refractivity (Wildman–Crippen MR) is 161 cm³/mol. The number of rotatable bonds is 7. The lowest BCUT2D eigenvalue weighted by atomic mass is 9.96. The Kier molecular flexibility index (Phi) is 7.94. The normalized spacial score (nSPS) is 13.8. The van der Waals surface area contributed by atoms with Crippen molar-refractivity contribution >= 4 is 47.4 Å². The highest BCUT2D eigenvalue weighted by Gasteiger charge is 2.20. The fraction of sp³-hybridized carbons (Fsp3) is 0.321. The van der Waals surface area contributed by atoms with Gasteiger partial charge in [0.2, 0.25) is 0 Å². The molecule has 2 aromatic heterocycles. The number of aliphatic hydroxyl groups is 1. The molecule has 0 aliphatic carbocycles. The first-order valence-corrected chi connectivity index (χ1v) is 15.7. The van der Waals surface area contributed by atoms with E-state index in [0.29, 0.717) is 5.56 Å². The molecule has 0 bridgehead atoms. The van der Waals surface area contributed by atoms with Gasteiger partial charge in [-0.15, -0.1) is 0 Å². The van der Waals surface area contributed by atoms with Crippen LogP contribution in [0, 0.1) is 6.92 Å². The van der Waals surface area contributed by atoms with Crippen molar-refractivity contribution in [1.82, 2.24) is 24.2 Å². The van der Waals surface area contributed by atoms with Gasteiger partial charge < -0.3 is 20.1 Å². The highest BCUT2D eigenvalue weighted by molar-refractivity contribution is 14.2. The van der Waals surface area contributed by atoms with Gasteiger partial charge in [-0.1, -0.05) is 12.1 Å². The van der Waals surface area contributed by atoms with Crippen LogP contribution in [0.15, 0.2) is 42.7 Å². The van der Waals surface area contributed by atoms with Crippen molar-refractivity contribution in [3.8, 4) is 28.1 Å². The quantitative estimate of drug-likeness (QED) is 0.273. The van der Waals surface area contributed by atoms with Crippen molar-refractivity contribution in [2.45, 2.75) is 32.9 Å². The summed E-state index contributed by atoms with van der Waals surface area (Å²) in [6, 6.07) is 10.1. The highest BCUT2D eigenvalue weighted by atomic mass is 127. The third-order valence-electron chi connectivity index (χ3n) is 6.88. The molecule has 5 rings (SSSR count). The van der Waals surface area contributed by atoms with Gasteiger partial charge in [-0.05, 0) is 61.7 Å². The second-order valence-corrected chi connectivity index (χ2v) is 11.4. The van der Waals surface area contributed by atoms with E-state index in [1.54, 1.807) is 26.0 Å². The van der Waals surface area contributed by atoms with Gasteiger partial charge in [-0.2, -0.15) is 0 Å². The number of carbonyl (C=O) groups is 1. The van der Waals surface area contributed by atoms with Gasteiger partial charge >= 0.3 is 0 Å². The van der Waals surface area contributed by atoms with E-state index in [-0.39, 0.29) is 12.5 Å². The molecule has 0 saturated carbocycles. The first-order chi connectivity index (χ1) is 18.3. The summed E-state index contributed by atoms with van der Waals surface area (Å²) in [7, 11) is 4.95. The number of aliphatic hydroxyl groups excluding tert-OH is 1. The molecule has 38 heavy (non-hydrogen) atoms. The largest absolute Gasteiger partial charge is 0.496 e. The summed E-state index contributed by atoms with van der Waals surface area (Å²) in [5.74, 6) is 0.752. The number of benzene rings is 2. The van der Waals surface area contributed by atoms with Crippen LogP contribution in [-0.4, -0.2) is 63.2 Å². The number of hydrogen-bond donors (Lipinski definition) is 2. The van der Waals surface area contributed by atoms with E-state index in [1.165, 1.54) is 20.2 Å². The lowest BCUT2D eigenvalue weighted by Gasteiger charge is -2.21. The maximum Gasteiger partial charge on any atom is 0.253 e. The summed E-state index contributed by atoms with van der Waals surface area (Å²) in [6.45, 7) is 5.63. The smallest absolute Gasteiger partial charge is 0.253 e. The number of carbonyl (C=O) groups excluding carboxylic acids is 1. The molecule has 1 aliphatic heterocycles. The highest BCUT2D eigenvalue weighted by Crippen LogP contribution is 2.36. The molecule has 8 nitrogen and oxygen atoms in total. The second-order valence-electron chi connectivity index (χ2n) is 9.67. The number of methoxy groups -OCH3 is 1. The van der Waals surface area contributed by atoms with Crippen molar-refractivity contribution in [2.75, 3.05) is 27.2 Å². The number of nitrogens with one attached hydrogen (secondary N) is 1. The van der Waals surface area contributed by atoms with Crippen molar-refractivity contribution in [3.63, 3.8) is 0 Å². The number of ether oxygens (including phenoxy) is 1. The Morgan fingerprint density at radius 3 is 2.84 bits per heavy atom. The maximum atomic E-state index is 12.9. The Balaban J connectivity index is 1.57. The first-order valence-electron chi connectivity index (χ1n) is 12.4. The minimum atomic E-state index is -0.583. The summed E-state index contributed by atoms with van der Waals surface area (Å²) < 4.78 is 7.72. The molecule has 0 fully saturated rings. The zero-order chi connectivity index (χ0) is 27.0. The van der Waals surface area contributed by atoms with E-state index in [4.69, 9.17) is 14.7 Å². The Bertz CT molecular complexity index is 1500. The molecule has 1 unspecified atom stereocenters. The topological polar surface area (TPSA) is 92.5 Å². The number of aryl methyl sites for hydroxylation is 1. The Hall–Kier alpha value is -2.67. The molecule has 10 heteroatoms. The number of amides is 1. The van der Waals surface area contributed by atoms with E-state index < -0.39 is 6.10 Å². The van der Waals surface area contributed by atoms with E-state index in [0.717, 1.165) is 64.4 Å². The van der Waals surface area contributed by atoms with Crippen molar-refractivity contribution in [2.24, 2.45) is 0 Å². The van der Waals surface area contributed by atoms with Crippen LogP contribution in [0.2, 0.25) is 0 Å². The molecule has 0 spiro atoms. The van der Waals surface area contributed by atoms with Crippen molar-refractivity contribution in [1.29, 1.82) is 0 Å². The Morgan fingerprint density at radius 1 is 1.32 bits per heavy atom. The van der Waals surface area contributed by atoms with E-state index in [1.807, 2.05) is 47.6 Å². The molecule has 1 amide bonds. The van der Waals surface area contributed by atoms with E-state index in [2.05, 4.69) is 32.6 Å². The van der Waals surface area contributed by atoms with Crippen LogP contribution < -0.4 is 10.1 Å². The van der Waals surface area contributed by atoms with Gasteiger partial charge in [-0.25, -0.2) is 9.97 Å². The SMILES string of the molecule is COc1cc(-c2cnc3c(n2)c(-c2ccc(C(=O)N(C)CC(C)O)c(C)c2)cn3SI)cc2c1CNCC2. The minimum Gasteiger partial charge on any atom is -0.496 e. The number of hydrogen-bond acceptors (Lipinski definition) is 7. The predicted octanol–water partition coefficient (Wildman–Crippen LogP) is 5.03. The second kappa shape index (κ2) is 11.2. The lowest BCUT2D eigenvalue weighted by molar-refractivity contribution is 0.0703. The lowest BCUT2D eigenvalue weighted by Crippen LogP contribution is -2.33. The number of aromatic nitrogens is 3. The summed E-state index contributed by atoms with van der Waals surface area (Å²) in [5.41, 5.74) is 9.23. The van der Waals surface area contributed by atoms with Gasteiger partial charge in [0.25, 0.3) is 5.91 Å². The Morgan fingerprint density at radius 2 is 2.13 bits per heavy atom. The summed E-state index contributed by atoms with van der Waals surface area (Å²) in [4.78, 5) is 24.4. The van der Waals surface area contributed by atoms with E-state index >= 15 is 0 Å². The third kappa shape index (κ3) is 5.14. The summed E-state index contributed by atoms with van der Waals surface area (Å²) in [6.07, 6.45) is 4.22. The molecule has 198 valence electrons. The zero-order valence-corrected chi connectivity index (χ0v) is 24.8. The van der Waals surface area contributed by atoms with Crippen LogP contribution in [0.5, 0.6) is 5.75 Å². The first kappa shape index (κ1) is 26.9. The monoisotopic (exact) mass is 643 g/mol. The minimum absolute atomic E-state index is 0.112. The van der Waals surface area contributed by atoms with Crippen LogP contribution in [0.1, 0.15) is 34.0 Å². The van der Waals surface area contributed by atoms with Gasteiger partial charge in [0.05, 0.1) is 25.1 Å². The molecule has 2 N–H and O–H groups in total. The zero-order valence-electron chi connectivity index (χ0n) is 21.8. The average molecular weight is 644 g/mol. The standard InChI is InChI=1S/C28H30IN5O3S/c1-16-9-18(5-6-21(16)28(36)33(3)14-17(2)35)23-15-34(38-29)27-26(23)32-24(13-31-27)20-10-19-7-8-30-12-22(19)25(11-20)37-4/h5-6,9-11,13,15,17,30,35H,7-8,12,14H2,1-4H3. The number of fused-ring (bicyclic) bond motifs is 2. The van der Waals surface area contributed by atoms with Gasteiger partial charge in [0, 0.05) is 78.9 Å². The molecular weight excluding hydrogens is 613 g/mol. The molecule has 0 radical (unpaired) electrons. The van der Waals surface area contributed by atoms with Crippen molar-refractivity contribution in [3.05, 3.63) is 65.0 Å². The molecule has 1 atom stereocenters. The molecular formula is C28H30IN5O3S. The van der Waals surface area contributed by atoms with Crippen LogP contribution in [0.4, 0.5) is 0 Å². The number of halogens is 1. The molecule has 1 aliphatic rings. The number of nitrogens with zero attached hydrogens (tertiary/aromatic N) is 4. The van der Waals surface area contributed by atoms with Crippen molar-refractivity contribution < 1.29 is 14.6 Å². The van der Waals surface area contributed by atoms with Crippen LogP contribution >= 0.6 is 30.3 Å². The molecule has 2 aromatic carbocycles. The molecule has 0 saturated heterocycles. The average Bonchev–Trinajstić information content (AvgIpc) is 3.29. The summed E-state index contributed by atoms with van der Waals surface area (Å²) in [5, 5.41) is 13.1. The van der Waals surface area contributed by atoms with Crippen LogP contribution in [0.3, 0.4) is 0 Å². The fourth-order valence-electron chi connectivity index (χ4n) is 5.02. The summed E-state index contributed by atoms with van der Waals surface area (Å²) >= 11 is 2.24. The fourth-order valence-corrected chi connectivity index (χ4v) is 6.26. The van der Waals surface area contributed by atoms with Gasteiger partial charge in [0.15, 0.2) is 5.65 Å². The van der Waals surface area contributed by atoms with Crippen LogP contribution in [0.25, 0.3) is 33.5 Å².